The Morgan fingerprint density at radius 3 is 2.94 bits per heavy atom. The summed E-state index contributed by atoms with van der Waals surface area (Å²) in [6.07, 6.45) is 1.46. The molecular weight excluding hydrogens is 210 g/mol. The number of amidine groups is 1. The van der Waals surface area contributed by atoms with Crippen LogP contribution in [-0.4, -0.2) is 46.0 Å². The van der Waals surface area contributed by atoms with Crippen molar-refractivity contribution in [3.8, 4) is 0 Å². The van der Waals surface area contributed by atoms with Crippen molar-refractivity contribution in [2.75, 3.05) is 24.6 Å². The molecule has 0 amide bonds. The van der Waals surface area contributed by atoms with Gasteiger partial charge < -0.3 is 20.9 Å². The third-order valence-electron chi connectivity index (χ3n) is 2.14. The molecule has 88 valence electrons. The number of likely N-dealkylation sites (N-methyl/N-ethyl adjacent to an activating group) is 1. The number of rotatable bonds is 5. The van der Waals surface area contributed by atoms with Crippen molar-refractivity contribution in [2.45, 2.75) is 6.92 Å². The molecule has 1 aromatic rings. The quantitative estimate of drug-likeness (QED) is 0.267. The number of aliphatic hydroxyl groups is 1. The van der Waals surface area contributed by atoms with Crippen LogP contribution in [0, 0.1) is 0 Å². The number of oxime groups is 1. The molecule has 1 heterocycles. The lowest BCUT2D eigenvalue weighted by Crippen LogP contribution is -2.30. The van der Waals surface area contributed by atoms with Crippen molar-refractivity contribution in [3.05, 3.63) is 17.8 Å². The fraction of sp³-hybridized carbons (Fsp3) is 0.444. The van der Waals surface area contributed by atoms with E-state index in [1.807, 2.05) is 6.92 Å². The second-order valence-corrected chi connectivity index (χ2v) is 3.06. The molecule has 0 saturated carbocycles. The number of nitrogens with two attached hydrogens (primary N) is 1. The van der Waals surface area contributed by atoms with Gasteiger partial charge in [0.05, 0.1) is 18.4 Å². The molecule has 7 heteroatoms. The molecule has 0 unspecified atom stereocenters. The molecule has 0 atom stereocenters. The monoisotopic (exact) mass is 225 g/mol. The van der Waals surface area contributed by atoms with Gasteiger partial charge in [0.15, 0.2) is 11.7 Å². The van der Waals surface area contributed by atoms with Gasteiger partial charge in [-0.1, -0.05) is 5.16 Å². The van der Waals surface area contributed by atoms with Crippen LogP contribution in [0.5, 0.6) is 0 Å². The van der Waals surface area contributed by atoms with E-state index in [0.717, 1.165) is 0 Å². The average molecular weight is 225 g/mol. The summed E-state index contributed by atoms with van der Waals surface area (Å²) in [6, 6.07) is 1.61. The molecule has 0 radical (unpaired) electrons. The summed E-state index contributed by atoms with van der Waals surface area (Å²) in [5.74, 6) is 0.468. The van der Waals surface area contributed by atoms with Gasteiger partial charge in [0, 0.05) is 13.1 Å². The summed E-state index contributed by atoms with van der Waals surface area (Å²) in [5.41, 5.74) is 6.02. The minimum atomic E-state index is -0.0266. The van der Waals surface area contributed by atoms with Crippen LogP contribution >= 0.6 is 0 Å². The summed E-state index contributed by atoms with van der Waals surface area (Å²) >= 11 is 0. The molecule has 0 aliphatic carbocycles. The Morgan fingerprint density at radius 2 is 2.38 bits per heavy atom. The van der Waals surface area contributed by atoms with E-state index in [-0.39, 0.29) is 12.4 Å². The third-order valence-corrected chi connectivity index (χ3v) is 2.14. The zero-order valence-electron chi connectivity index (χ0n) is 9.04. The third kappa shape index (κ3) is 2.57. The summed E-state index contributed by atoms with van der Waals surface area (Å²) in [6.45, 7) is 2.98. The van der Waals surface area contributed by atoms with Crippen LogP contribution < -0.4 is 10.6 Å². The maximum absolute atomic E-state index is 8.92. The normalized spacial score (nSPS) is 11.5. The van der Waals surface area contributed by atoms with Gasteiger partial charge in [0.25, 0.3) is 0 Å². The van der Waals surface area contributed by atoms with E-state index in [9.17, 15) is 0 Å². The Morgan fingerprint density at radius 1 is 1.62 bits per heavy atom. The van der Waals surface area contributed by atoms with Gasteiger partial charge >= 0.3 is 0 Å². The lowest BCUT2D eigenvalue weighted by Gasteiger charge is -2.21. The Hall–Kier alpha value is -1.89. The number of nitrogens with zero attached hydrogens (tertiary/aromatic N) is 4. The van der Waals surface area contributed by atoms with Gasteiger partial charge in [-0.15, -0.1) is 5.10 Å². The van der Waals surface area contributed by atoms with Crippen LogP contribution in [0.1, 0.15) is 12.5 Å². The highest BCUT2D eigenvalue weighted by molar-refractivity contribution is 6.01. The van der Waals surface area contributed by atoms with Gasteiger partial charge in [-0.25, -0.2) is 0 Å². The highest BCUT2D eigenvalue weighted by atomic mass is 16.4. The van der Waals surface area contributed by atoms with Crippen LogP contribution in [-0.2, 0) is 0 Å². The lowest BCUT2D eigenvalue weighted by molar-refractivity contribution is 0.302. The molecule has 4 N–H and O–H groups in total. The van der Waals surface area contributed by atoms with E-state index in [2.05, 4.69) is 15.4 Å². The lowest BCUT2D eigenvalue weighted by atomic mass is 10.2. The summed E-state index contributed by atoms with van der Waals surface area (Å²) in [7, 11) is 0. The Kier molecular flexibility index (Phi) is 4.46. The highest BCUT2D eigenvalue weighted by Crippen LogP contribution is 2.15. The van der Waals surface area contributed by atoms with Crippen LogP contribution in [0.25, 0.3) is 0 Å². The molecule has 1 aromatic heterocycles. The van der Waals surface area contributed by atoms with E-state index in [4.69, 9.17) is 16.0 Å². The highest BCUT2D eigenvalue weighted by Gasteiger charge is 2.14. The maximum Gasteiger partial charge on any atom is 0.173 e. The standard InChI is InChI=1S/C9H15N5O2/c1-2-14(5-6-15)9-7(8(10)13-16)3-4-11-12-9/h3-4,15-16H,2,5-6H2,1H3,(H2,10,13). The van der Waals surface area contributed by atoms with Gasteiger partial charge in [-0.3, -0.25) is 0 Å². The minimum Gasteiger partial charge on any atom is -0.409 e. The van der Waals surface area contributed by atoms with Gasteiger partial charge in [-0.2, -0.15) is 5.10 Å². The second kappa shape index (κ2) is 5.86. The van der Waals surface area contributed by atoms with Crippen LogP contribution in [0.3, 0.4) is 0 Å². The molecule has 0 bridgehead atoms. The fourth-order valence-electron chi connectivity index (χ4n) is 1.35. The van der Waals surface area contributed by atoms with Gasteiger partial charge in [0.2, 0.25) is 0 Å². The first-order valence-electron chi connectivity index (χ1n) is 4.90. The van der Waals surface area contributed by atoms with Crippen molar-refractivity contribution >= 4 is 11.7 Å². The fourth-order valence-corrected chi connectivity index (χ4v) is 1.35. The number of aliphatic hydroxyl groups excluding tert-OH is 1. The first-order chi connectivity index (χ1) is 7.74. The first-order valence-corrected chi connectivity index (χ1v) is 4.90. The van der Waals surface area contributed by atoms with E-state index >= 15 is 0 Å². The van der Waals surface area contributed by atoms with E-state index in [1.54, 1.807) is 11.0 Å². The largest absolute Gasteiger partial charge is 0.409 e. The molecule has 1 rings (SSSR count). The number of hydrogen-bond acceptors (Lipinski definition) is 6. The number of aromatic nitrogens is 2. The van der Waals surface area contributed by atoms with Crippen LogP contribution in [0.15, 0.2) is 17.4 Å². The predicted octanol–water partition coefficient (Wildman–Crippen LogP) is -0.610. The molecule has 7 nitrogen and oxygen atoms in total. The first kappa shape index (κ1) is 12.2. The molecule has 0 saturated heterocycles. The number of anilines is 1. The molecule has 0 spiro atoms. The molecule has 0 aromatic carbocycles. The van der Waals surface area contributed by atoms with Crippen molar-refractivity contribution in [1.82, 2.24) is 10.2 Å². The zero-order chi connectivity index (χ0) is 12.0. The molecule has 0 aliphatic heterocycles. The van der Waals surface area contributed by atoms with Crippen LogP contribution in [0.2, 0.25) is 0 Å². The van der Waals surface area contributed by atoms with Crippen molar-refractivity contribution in [2.24, 2.45) is 10.9 Å². The SMILES string of the molecule is CCN(CCO)c1nnccc1/C(N)=N/O. The van der Waals surface area contributed by atoms with Crippen molar-refractivity contribution < 1.29 is 10.3 Å². The van der Waals surface area contributed by atoms with E-state index in [1.165, 1.54) is 6.20 Å². The Labute approximate surface area is 93.2 Å². The topological polar surface area (TPSA) is 108 Å². The molecule has 16 heavy (non-hydrogen) atoms. The van der Waals surface area contributed by atoms with Gasteiger partial charge in [-0.05, 0) is 13.0 Å². The predicted molar refractivity (Wildman–Crippen MR) is 59.5 cm³/mol. The Balaban J connectivity index is 3.10. The molecular formula is C9H15N5O2. The number of hydrogen-bond donors (Lipinski definition) is 3. The summed E-state index contributed by atoms with van der Waals surface area (Å²) < 4.78 is 0. The molecule has 0 aliphatic rings. The maximum atomic E-state index is 8.92. The Bertz CT molecular complexity index is 369. The smallest absolute Gasteiger partial charge is 0.173 e. The van der Waals surface area contributed by atoms with Crippen molar-refractivity contribution in [1.29, 1.82) is 0 Å². The second-order valence-electron chi connectivity index (χ2n) is 3.06. The van der Waals surface area contributed by atoms with E-state index < -0.39 is 0 Å². The zero-order valence-corrected chi connectivity index (χ0v) is 9.04. The summed E-state index contributed by atoms with van der Waals surface area (Å²) in [4.78, 5) is 1.79. The average Bonchev–Trinajstić information content (AvgIpc) is 2.35. The van der Waals surface area contributed by atoms with Crippen molar-refractivity contribution in [3.63, 3.8) is 0 Å². The van der Waals surface area contributed by atoms with Crippen LogP contribution in [0.4, 0.5) is 5.82 Å². The van der Waals surface area contributed by atoms with E-state index in [0.29, 0.717) is 24.5 Å². The van der Waals surface area contributed by atoms with Gasteiger partial charge in [0.1, 0.15) is 0 Å². The molecule has 0 fully saturated rings. The summed E-state index contributed by atoms with van der Waals surface area (Å²) in [5, 5.41) is 28.2. The minimum absolute atomic E-state index is 0.0000267.